The molecule has 0 aliphatic carbocycles. The maximum atomic E-state index is 13.4. The highest BCUT2D eigenvalue weighted by Crippen LogP contribution is 2.25. The Morgan fingerprint density at radius 1 is 0.881 bits per heavy atom. The number of hydrogen-bond acceptors (Lipinski definition) is 6. The number of benzene rings is 4. The zero-order chi connectivity index (χ0) is 30.1. The number of halogens is 1. The maximum Gasteiger partial charge on any atom is 0.276 e. The van der Waals surface area contributed by atoms with Crippen molar-refractivity contribution in [2.24, 2.45) is 0 Å². The van der Waals surface area contributed by atoms with Gasteiger partial charge in [-0.15, -0.1) is 11.8 Å². The van der Waals surface area contributed by atoms with Gasteiger partial charge in [-0.2, -0.15) is 0 Å². The summed E-state index contributed by atoms with van der Waals surface area (Å²) in [7, 11) is 0. The Morgan fingerprint density at radius 2 is 1.60 bits per heavy atom. The molecule has 4 aromatic carbocycles. The van der Waals surface area contributed by atoms with E-state index in [-0.39, 0.29) is 28.6 Å². The van der Waals surface area contributed by atoms with Gasteiger partial charge < -0.3 is 16.0 Å². The predicted molar refractivity (Wildman–Crippen MR) is 166 cm³/mol. The lowest BCUT2D eigenvalue weighted by atomic mass is 10.1. The summed E-state index contributed by atoms with van der Waals surface area (Å²) in [6, 6.07) is 26.3. The minimum absolute atomic E-state index is 0.110. The van der Waals surface area contributed by atoms with Crippen LogP contribution in [0.2, 0.25) is 5.02 Å². The summed E-state index contributed by atoms with van der Waals surface area (Å²) in [6.07, 6.45) is 1.26. The van der Waals surface area contributed by atoms with Gasteiger partial charge in [-0.05, 0) is 67.1 Å². The maximum absolute atomic E-state index is 13.4. The molecule has 9 nitrogen and oxygen atoms in total. The molecule has 0 aliphatic heterocycles. The average Bonchev–Trinajstić information content (AvgIpc) is 2.98. The molecule has 4 aromatic rings. The van der Waals surface area contributed by atoms with Crippen LogP contribution in [0.1, 0.15) is 21.5 Å². The Kier molecular flexibility index (Phi) is 10.1. The zero-order valence-corrected chi connectivity index (χ0v) is 23.9. The van der Waals surface area contributed by atoms with Gasteiger partial charge in [0.05, 0.1) is 16.2 Å². The van der Waals surface area contributed by atoms with E-state index in [1.54, 1.807) is 72.8 Å². The Hall–Kier alpha value is -4.93. The second-order valence-corrected chi connectivity index (χ2v) is 10.4. The molecule has 3 N–H and O–H groups in total. The number of para-hydroxylation sites is 1. The number of nitrogens with zero attached hydrogens (tertiary/aromatic N) is 1. The monoisotopic (exact) mass is 600 g/mol. The first-order valence-corrected chi connectivity index (χ1v) is 14.0. The SMILES string of the molecule is Cc1ccc(NC(=O)CSc2cccc(NC(=O)/C(=C\c3ccccc3[N+](=O)[O-])NC(=O)c3ccccc3)c2)cc1Cl. The van der Waals surface area contributed by atoms with Crippen LogP contribution in [0.5, 0.6) is 0 Å². The van der Waals surface area contributed by atoms with Crippen molar-refractivity contribution in [2.75, 3.05) is 16.4 Å². The molecule has 3 amide bonds. The molecule has 0 atom stereocenters. The third-order valence-corrected chi connectivity index (χ3v) is 7.28. The number of hydrogen-bond donors (Lipinski definition) is 3. The van der Waals surface area contributed by atoms with Gasteiger partial charge in [0.25, 0.3) is 17.5 Å². The molecule has 0 aromatic heterocycles. The fourth-order valence-electron chi connectivity index (χ4n) is 3.75. The molecule has 0 spiro atoms. The van der Waals surface area contributed by atoms with E-state index in [1.807, 2.05) is 13.0 Å². The van der Waals surface area contributed by atoms with Crippen LogP contribution in [-0.4, -0.2) is 28.4 Å². The van der Waals surface area contributed by atoms with Crippen molar-refractivity contribution in [3.63, 3.8) is 0 Å². The van der Waals surface area contributed by atoms with Crippen LogP contribution < -0.4 is 16.0 Å². The zero-order valence-electron chi connectivity index (χ0n) is 22.3. The molecule has 0 saturated heterocycles. The van der Waals surface area contributed by atoms with Crippen LogP contribution in [0.15, 0.2) is 108 Å². The molecule has 0 saturated carbocycles. The van der Waals surface area contributed by atoms with E-state index < -0.39 is 16.7 Å². The van der Waals surface area contributed by atoms with Crippen molar-refractivity contribution in [2.45, 2.75) is 11.8 Å². The number of nitro benzene ring substituents is 1. The highest BCUT2D eigenvalue weighted by molar-refractivity contribution is 8.00. The third-order valence-electron chi connectivity index (χ3n) is 5.88. The number of nitrogens with one attached hydrogen (secondary N) is 3. The number of rotatable bonds is 10. The van der Waals surface area contributed by atoms with Gasteiger partial charge in [0.15, 0.2) is 0 Å². The smallest absolute Gasteiger partial charge is 0.276 e. The number of carbonyl (C=O) groups excluding carboxylic acids is 3. The summed E-state index contributed by atoms with van der Waals surface area (Å²) in [5, 5.41) is 20.2. The second-order valence-electron chi connectivity index (χ2n) is 8.98. The molecular weight excluding hydrogens is 576 g/mol. The molecule has 4 rings (SSSR count). The second kappa shape index (κ2) is 14.1. The van der Waals surface area contributed by atoms with Crippen LogP contribution in [0, 0.1) is 17.0 Å². The van der Waals surface area contributed by atoms with Gasteiger partial charge in [-0.3, -0.25) is 24.5 Å². The van der Waals surface area contributed by atoms with Crippen LogP contribution in [0.25, 0.3) is 6.08 Å². The fourth-order valence-corrected chi connectivity index (χ4v) is 4.69. The molecular formula is C31H25ClN4O5S. The summed E-state index contributed by atoms with van der Waals surface area (Å²) in [6.45, 7) is 1.87. The molecule has 0 fully saturated rings. The third kappa shape index (κ3) is 8.29. The van der Waals surface area contributed by atoms with E-state index in [0.717, 1.165) is 5.56 Å². The minimum Gasteiger partial charge on any atom is -0.325 e. The molecule has 212 valence electrons. The van der Waals surface area contributed by atoms with E-state index >= 15 is 0 Å². The van der Waals surface area contributed by atoms with Crippen molar-refractivity contribution in [3.8, 4) is 0 Å². The van der Waals surface area contributed by atoms with Gasteiger partial charge in [0.1, 0.15) is 5.70 Å². The Bertz CT molecular complexity index is 1680. The van der Waals surface area contributed by atoms with Gasteiger partial charge in [-0.1, -0.05) is 54.1 Å². The van der Waals surface area contributed by atoms with E-state index in [1.165, 1.54) is 36.0 Å². The van der Waals surface area contributed by atoms with E-state index in [4.69, 9.17) is 11.6 Å². The van der Waals surface area contributed by atoms with Crippen molar-refractivity contribution in [1.29, 1.82) is 0 Å². The Balaban J connectivity index is 1.49. The molecule has 0 unspecified atom stereocenters. The van der Waals surface area contributed by atoms with Crippen LogP contribution >= 0.6 is 23.4 Å². The number of amides is 3. The first kappa shape index (κ1) is 30.0. The van der Waals surface area contributed by atoms with E-state index in [9.17, 15) is 24.5 Å². The van der Waals surface area contributed by atoms with Gasteiger partial charge in [0.2, 0.25) is 5.91 Å². The Morgan fingerprint density at radius 3 is 2.33 bits per heavy atom. The molecule has 11 heteroatoms. The number of anilines is 2. The van der Waals surface area contributed by atoms with Crippen molar-refractivity contribution in [1.82, 2.24) is 5.32 Å². The lowest BCUT2D eigenvalue weighted by Gasteiger charge is -2.12. The lowest BCUT2D eigenvalue weighted by Crippen LogP contribution is -2.30. The summed E-state index contributed by atoms with van der Waals surface area (Å²) < 4.78 is 0. The largest absolute Gasteiger partial charge is 0.325 e. The standard InChI is InChI=1S/C31H25ClN4O5S/c1-20-14-15-24(18-26(20)32)33-29(37)19-42-25-12-7-11-23(17-25)34-31(39)27(35-30(38)21-8-3-2-4-9-21)16-22-10-5-6-13-28(22)36(40)41/h2-18H,19H2,1H3,(H,33,37)(H,34,39)(H,35,38)/b27-16+. The molecule has 0 heterocycles. The summed E-state index contributed by atoms with van der Waals surface area (Å²) in [4.78, 5) is 50.4. The van der Waals surface area contributed by atoms with Gasteiger partial charge in [-0.25, -0.2) is 0 Å². The molecule has 0 radical (unpaired) electrons. The fraction of sp³-hybridized carbons (Fsp3) is 0.0645. The topological polar surface area (TPSA) is 130 Å². The first-order chi connectivity index (χ1) is 20.2. The highest BCUT2D eigenvalue weighted by atomic mass is 35.5. The quantitative estimate of drug-likeness (QED) is 0.0804. The van der Waals surface area contributed by atoms with Gasteiger partial charge >= 0.3 is 0 Å². The van der Waals surface area contributed by atoms with E-state index in [0.29, 0.717) is 26.9 Å². The number of aryl methyl sites for hydroxylation is 1. The summed E-state index contributed by atoms with van der Waals surface area (Å²) in [5.74, 6) is -1.36. The lowest BCUT2D eigenvalue weighted by molar-refractivity contribution is -0.385. The molecule has 0 bridgehead atoms. The van der Waals surface area contributed by atoms with Crippen LogP contribution in [0.4, 0.5) is 17.1 Å². The van der Waals surface area contributed by atoms with Crippen molar-refractivity contribution >= 4 is 64.2 Å². The molecule has 42 heavy (non-hydrogen) atoms. The highest BCUT2D eigenvalue weighted by Gasteiger charge is 2.18. The van der Waals surface area contributed by atoms with Crippen molar-refractivity contribution < 1.29 is 19.3 Å². The van der Waals surface area contributed by atoms with Crippen molar-refractivity contribution in [3.05, 3.63) is 135 Å². The Labute approximate surface area is 251 Å². The first-order valence-electron chi connectivity index (χ1n) is 12.6. The van der Waals surface area contributed by atoms with E-state index in [2.05, 4.69) is 16.0 Å². The van der Waals surface area contributed by atoms with Crippen LogP contribution in [0.3, 0.4) is 0 Å². The molecule has 0 aliphatic rings. The number of thioether (sulfide) groups is 1. The van der Waals surface area contributed by atoms with Gasteiger partial charge in [0, 0.05) is 32.9 Å². The van der Waals surface area contributed by atoms with Crippen LogP contribution in [-0.2, 0) is 9.59 Å². The predicted octanol–water partition coefficient (Wildman–Crippen LogP) is 6.70. The normalized spacial score (nSPS) is 11.0. The number of nitro groups is 1. The summed E-state index contributed by atoms with van der Waals surface area (Å²) in [5.41, 5.74) is 1.94. The average molecular weight is 601 g/mol. The summed E-state index contributed by atoms with van der Waals surface area (Å²) >= 11 is 7.39. The number of carbonyl (C=O) groups is 3. The minimum atomic E-state index is -0.687.